The van der Waals surface area contributed by atoms with Gasteiger partial charge in [-0.2, -0.15) is 0 Å². The molecule has 2 aromatic rings. The van der Waals surface area contributed by atoms with Crippen LogP contribution in [0.25, 0.3) is 10.9 Å². The van der Waals surface area contributed by atoms with E-state index in [-0.39, 0.29) is 11.9 Å². The van der Waals surface area contributed by atoms with Gasteiger partial charge < -0.3 is 14.6 Å². The number of ether oxygens (including phenoxy) is 1. The number of carbonyl (C=O) groups is 2. The molecular weight excluding hydrogens is 316 g/mol. The Hall–Kier alpha value is -2.30. The Balaban J connectivity index is 1.95. The van der Waals surface area contributed by atoms with E-state index in [1.165, 1.54) is 18.1 Å². The van der Waals surface area contributed by atoms with Crippen LogP contribution in [0.5, 0.6) is 0 Å². The molecule has 0 saturated heterocycles. The van der Waals surface area contributed by atoms with E-state index in [1.54, 1.807) is 0 Å². The molecule has 0 fully saturated rings. The van der Waals surface area contributed by atoms with Crippen LogP contribution in [0, 0.1) is 5.92 Å². The molecule has 0 radical (unpaired) electrons. The molecule has 0 spiro atoms. The fourth-order valence-corrected chi connectivity index (χ4v) is 3.00. The predicted molar refractivity (Wildman–Crippen MR) is 99.3 cm³/mol. The number of aromatic nitrogens is 1. The van der Waals surface area contributed by atoms with Gasteiger partial charge in [0.25, 0.3) is 0 Å². The molecule has 0 aliphatic rings. The van der Waals surface area contributed by atoms with E-state index in [9.17, 15) is 9.59 Å². The van der Waals surface area contributed by atoms with Crippen molar-refractivity contribution in [2.24, 2.45) is 5.92 Å². The number of methoxy groups -OCH3 is 1. The number of para-hydroxylation sites is 1. The van der Waals surface area contributed by atoms with Gasteiger partial charge in [0, 0.05) is 43.0 Å². The van der Waals surface area contributed by atoms with Crippen molar-refractivity contribution in [2.45, 2.75) is 39.5 Å². The first-order chi connectivity index (χ1) is 12.0. The largest absolute Gasteiger partial charge is 0.469 e. The maximum Gasteiger partial charge on any atom is 0.305 e. The molecule has 5 heteroatoms. The van der Waals surface area contributed by atoms with Crippen LogP contribution in [-0.4, -0.2) is 42.0 Å². The molecule has 1 aromatic carbocycles. The fourth-order valence-electron chi connectivity index (χ4n) is 3.00. The van der Waals surface area contributed by atoms with E-state index in [1.807, 2.05) is 23.2 Å². The van der Waals surface area contributed by atoms with Gasteiger partial charge in [0.1, 0.15) is 0 Å². The summed E-state index contributed by atoms with van der Waals surface area (Å²) in [4.78, 5) is 28.9. The van der Waals surface area contributed by atoms with E-state index < -0.39 is 0 Å². The monoisotopic (exact) mass is 344 g/mol. The van der Waals surface area contributed by atoms with Gasteiger partial charge >= 0.3 is 5.97 Å². The number of benzene rings is 1. The quantitative estimate of drug-likeness (QED) is 0.708. The molecule has 1 amide bonds. The van der Waals surface area contributed by atoms with Crippen LogP contribution in [-0.2, 0) is 20.7 Å². The minimum Gasteiger partial charge on any atom is -0.469 e. The first kappa shape index (κ1) is 19.0. The zero-order valence-corrected chi connectivity index (χ0v) is 15.4. The topological polar surface area (TPSA) is 62.4 Å². The number of rotatable bonds is 9. The molecule has 0 atom stereocenters. The Kier molecular flexibility index (Phi) is 7.04. The summed E-state index contributed by atoms with van der Waals surface area (Å²) in [5.74, 6) is 0.256. The minimum atomic E-state index is -0.262. The van der Waals surface area contributed by atoms with Crippen molar-refractivity contribution in [1.29, 1.82) is 0 Å². The van der Waals surface area contributed by atoms with Crippen molar-refractivity contribution in [2.75, 3.05) is 20.2 Å². The van der Waals surface area contributed by atoms with Crippen LogP contribution in [0.15, 0.2) is 30.5 Å². The second-order valence-electron chi connectivity index (χ2n) is 6.77. The number of aromatic amines is 1. The number of fused-ring (bicyclic) bond motifs is 1. The summed E-state index contributed by atoms with van der Waals surface area (Å²) in [6.45, 7) is 5.65. The molecule has 1 N–H and O–H groups in total. The second-order valence-corrected chi connectivity index (χ2v) is 6.77. The summed E-state index contributed by atoms with van der Waals surface area (Å²) < 4.78 is 4.63. The van der Waals surface area contributed by atoms with Gasteiger partial charge in [-0.1, -0.05) is 32.0 Å². The predicted octanol–water partition coefficient (Wildman–Crippen LogP) is 3.54. The third-order valence-corrected chi connectivity index (χ3v) is 4.26. The molecule has 5 nitrogen and oxygen atoms in total. The van der Waals surface area contributed by atoms with Crippen molar-refractivity contribution >= 4 is 22.8 Å². The lowest BCUT2D eigenvalue weighted by atomic mass is 10.1. The van der Waals surface area contributed by atoms with Crippen LogP contribution in [0.4, 0.5) is 0 Å². The lowest BCUT2D eigenvalue weighted by Crippen LogP contribution is -2.35. The van der Waals surface area contributed by atoms with Crippen LogP contribution in [0.3, 0.4) is 0 Å². The third-order valence-electron chi connectivity index (χ3n) is 4.26. The highest BCUT2D eigenvalue weighted by atomic mass is 16.5. The van der Waals surface area contributed by atoms with Gasteiger partial charge in [0.15, 0.2) is 0 Å². The average Bonchev–Trinajstić information content (AvgIpc) is 3.01. The zero-order chi connectivity index (χ0) is 18.2. The first-order valence-corrected chi connectivity index (χ1v) is 8.90. The molecule has 1 heterocycles. The molecule has 136 valence electrons. The van der Waals surface area contributed by atoms with E-state index in [0.29, 0.717) is 31.7 Å². The molecule has 0 saturated carbocycles. The molecule has 1 aromatic heterocycles. The Morgan fingerprint density at radius 1 is 1.20 bits per heavy atom. The number of esters is 1. The lowest BCUT2D eigenvalue weighted by Gasteiger charge is -2.24. The molecule has 0 bridgehead atoms. The zero-order valence-electron chi connectivity index (χ0n) is 15.4. The van der Waals surface area contributed by atoms with Gasteiger partial charge in [0.05, 0.1) is 7.11 Å². The van der Waals surface area contributed by atoms with Crippen LogP contribution in [0.2, 0.25) is 0 Å². The smallest absolute Gasteiger partial charge is 0.305 e. The number of hydrogen-bond donors (Lipinski definition) is 1. The van der Waals surface area contributed by atoms with Crippen LogP contribution >= 0.6 is 0 Å². The van der Waals surface area contributed by atoms with Gasteiger partial charge in [-0.25, -0.2) is 0 Å². The molecule has 25 heavy (non-hydrogen) atoms. The second kappa shape index (κ2) is 9.25. The highest BCUT2D eigenvalue weighted by Crippen LogP contribution is 2.18. The summed E-state index contributed by atoms with van der Waals surface area (Å²) in [6, 6.07) is 8.21. The maximum atomic E-state index is 12.5. The number of carbonyl (C=O) groups excluding carboxylic acids is 2. The maximum absolute atomic E-state index is 12.5. The number of amides is 1. The molecule has 2 rings (SSSR count). The van der Waals surface area contributed by atoms with Crippen molar-refractivity contribution in [3.63, 3.8) is 0 Å². The summed E-state index contributed by atoms with van der Waals surface area (Å²) in [7, 11) is 1.37. The SMILES string of the molecule is COC(=O)CCCC(=O)N(CCc1c[nH]c2ccccc12)CC(C)C. The normalized spacial score (nSPS) is 11.0. The molecule has 0 unspecified atom stereocenters. The lowest BCUT2D eigenvalue weighted by molar-refractivity contribution is -0.140. The summed E-state index contributed by atoms with van der Waals surface area (Å²) in [5.41, 5.74) is 2.35. The number of H-pyrrole nitrogens is 1. The number of hydrogen-bond acceptors (Lipinski definition) is 3. The van der Waals surface area contributed by atoms with E-state index >= 15 is 0 Å². The number of nitrogens with one attached hydrogen (secondary N) is 1. The average molecular weight is 344 g/mol. The van der Waals surface area contributed by atoms with Crippen molar-refractivity contribution in [3.8, 4) is 0 Å². The van der Waals surface area contributed by atoms with E-state index in [2.05, 4.69) is 35.7 Å². The summed E-state index contributed by atoms with van der Waals surface area (Å²) >= 11 is 0. The van der Waals surface area contributed by atoms with E-state index in [0.717, 1.165) is 18.5 Å². The highest BCUT2D eigenvalue weighted by molar-refractivity contribution is 5.83. The van der Waals surface area contributed by atoms with Gasteiger partial charge in [-0.15, -0.1) is 0 Å². The first-order valence-electron chi connectivity index (χ1n) is 8.90. The van der Waals surface area contributed by atoms with Crippen molar-refractivity contribution < 1.29 is 14.3 Å². The Labute approximate surface area is 149 Å². The molecular formula is C20H28N2O3. The fraction of sp³-hybridized carbons (Fsp3) is 0.500. The van der Waals surface area contributed by atoms with Crippen molar-refractivity contribution in [3.05, 3.63) is 36.0 Å². The van der Waals surface area contributed by atoms with Crippen molar-refractivity contribution in [1.82, 2.24) is 9.88 Å². The van der Waals surface area contributed by atoms with Gasteiger partial charge in [0.2, 0.25) is 5.91 Å². The van der Waals surface area contributed by atoms with Gasteiger partial charge in [-0.05, 0) is 30.4 Å². The van der Waals surface area contributed by atoms with Gasteiger partial charge in [-0.3, -0.25) is 9.59 Å². The number of nitrogens with zero attached hydrogens (tertiary/aromatic N) is 1. The molecule has 0 aliphatic carbocycles. The Morgan fingerprint density at radius 2 is 1.96 bits per heavy atom. The van der Waals surface area contributed by atoms with Crippen LogP contribution < -0.4 is 0 Å². The molecule has 0 aliphatic heterocycles. The summed E-state index contributed by atoms with van der Waals surface area (Å²) in [5, 5.41) is 1.21. The van der Waals surface area contributed by atoms with Crippen LogP contribution in [0.1, 0.15) is 38.7 Å². The third kappa shape index (κ3) is 5.62. The van der Waals surface area contributed by atoms with E-state index in [4.69, 9.17) is 0 Å². The minimum absolute atomic E-state index is 0.109. The Bertz CT molecular complexity index is 706. The summed E-state index contributed by atoms with van der Waals surface area (Å²) in [6.07, 6.45) is 4.06. The highest BCUT2D eigenvalue weighted by Gasteiger charge is 2.16. The Morgan fingerprint density at radius 3 is 2.68 bits per heavy atom. The standard InChI is InChI=1S/C20H28N2O3/c1-15(2)14-22(19(23)9-6-10-20(24)25-3)12-11-16-13-21-18-8-5-4-7-17(16)18/h4-5,7-8,13,15,21H,6,9-12,14H2,1-3H3.